The Hall–Kier alpha value is -1.39. The Labute approximate surface area is 108 Å². The van der Waals surface area contributed by atoms with Crippen LogP contribution in [0, 0.1) is 5.92 Å². The van der Waals surface area contributed by atoms with E-state index in [1.807, 2.05) is 26.0 Å². The molecule has 1 amide bonds. The van der Waals surface area contributed by atoms with Gasteiger partial charge in [-0.2, -0.15) is 0 Å². The summed E-state index contributed by atoms with van der Waals surface area (Å²) in [7, 11) is 0. The van der Waals surface area contributed by atoms with E-state index in [0.717, 1.165) is 6.42 Å². The third-order valence-electron chi connectivity index (χ3n) is 3.23. The molecule has 1 aromatic carbocycles. The van der Waals surface area contributed by atoms with E-state index in [1.54, 1.807) is 19.1 Å². The lowest BCUT2D eigenvalue weighted by Gasteiger charge is -2.19. The van der Waals surface area contributed by atoms with Crippen LogP contribution in [0.15, 0.2) is 24.3 Å². The van der Waals surface area contributed by atoms with Gasteiger partial charge in [-0.25, -0.2) is 0 Å². The molecule has 100 valence electrons. The van der Waals surface area contributed by atoms with Crippen LogP contribution >= 0.6 is 0 Å². The number of aliphatic hydroxyl groups excluding tert-OH is 1. The molecular formula is C14H22N2O2. The number of hydrogen-bond acceptors (Lipinski definition) is 3. The van der Waals surface area contributed by atoms with E-state index in [2.05, 4.69) is 5.32 Å². The van der Waals surface area contributed by atoms with Gasteiger partial charge in [0.25, 0.3) is 0 Å². The largest absolute Gasteiger partial charge is 0.389 e. The number of benzene rings is 1. The van der Waals surface area contributed by atoms with E-state index in [-0.39, 0.29) is 11.8 Å². The molecule has 0 saturated carbocycles. The maximum atomic E-state index is 12.0. The minimum absolute atomic E-state index is 0.128. The molecule has 1 unspecified atom stereocenters. The number of carbonyl (C=O) groups is 1. The Morgan fingerprint density at radius 1 is 1.39 bits per heavy atom. The molecule has 1 aromatic rings. The van der Waals surface area contributed by atoms with Crippen LogP contribution < -0.4 is 11.1 Å². The molecule has 4 N–H and O–H groups in total. The molecule has 0 fully saturated rings. The Kier molecular flexibility index (Phi) is 5.31. The van der Waals surface area contributed by atoms with E-state index in [4.69, 9.17) is 5.73 Å². The van der Waals surface area contributed by atoms with Gasteiger partial charge >= 0.3 is 0 Å². The molecule has 4 heteroatoms. The summed E-state index contributed by atoms with van der Waals surface area (Å²) in [6.07, 6.45) is 0.230. The zero-order valence-electron chi connectivity index (χ0n) is 11.2. The van der Waals surface area contributed by atoms with Gasteiger partial charge in [-0.15, -0.1) is 0 Å². The van der Waals surface area contributed by atoms with Gasteiger partial charge in [-0.05, 0) is 18.9 Å². The SMILES string of the molecule is CC[C@H](C)[C@H](N)C(=O)Nc1ccccc1C(C)O. The van der Waals surface area contributed by atoms with Gasteiger partial charge in [0.15, 0.2) is 0 Å². The molecule has 0 saturated heterocycles. The van der Waals surface area contributed by atoms with E-state index in [9.17, 15) is 9.90 Å². The van der Waals surface area contributed by atoms with Gasteiger partial charge in [0.2, 0.25) is 5.91 Å². The summed E-state index contributed by atoms with van der Waals surface area (Å²) in [5.74, 6) is -0.0823. The zero-order valence-corrected chi connectivity index (χ0v) is 11.2. The number of amides is 1. The molecule has 1 rings (SSSR count). The van der Waals surface area contributed by atoms with Gasteiger partial charge < -0.3 is 16.2 Å². The maximum absolute atomic E-state index is 12.0. The summed E-state index contributed by atoms with van der Waals surface area (Å²) in [6.45, 7) is 5.62. The normalized spacial score (nSPS) is 15.8. The molecule has 0 spiro atoms. The first-order valence-electron chi connectivity index (χ1n) is 6.30. The maximum Gasteiger partial charge on any atom is 0.241 e. The summed E-state index contributed by atoms with van der Waals surface area (Å²) in [5, 5.41) is 12.4. The van der Waals surface area contributed by atoms with Crippen molar-refractivity contribution >= 4 is 11.6 Å². The first-order valence-corrected chi connectivity index (χ1v) is 6.30. The molecule has 0 heterocycles. The number of nitrogens with one attached hydrogen (secondary N) is 1. The molecule has 0 bridgehead atoms. The summed E-state index contributed by atoms with van der Waals surface area (Å²) >= 11 is 0. The highest BCUT2D eigenvalue weighted by Gasteiger charge is 2.20. The van der Waals surface area contributed by atoms with Crippen molar-refractivity contribution in [1.82, 2.24) is 0 Å². The average molecular weight is 250 g/mol. The number of aliphatic hydroxyl groups is 1. The van der Waals surface area contributed by atoms with Crippen molar-refractivity contribution in [3.8, 4) is 0 Å². The topological polar surface area (TPSA) is 75.4 Å². The third-order valence-corrected chi connectivity index (χ3v) is 3.23. The molecule has 3 atom stereocenters. The van der Waals surface area contributed by atoms with Gasteiger partial charge in [-0.1, -0.05) is 38.5 Å². The fraction of sp³-hybridized carbons (Fsp3) is 0.500. The Morgan fingerprint density at radius 3 is 2.56 bits per heavy atom. The molecule has 0 aromatic heterocycles. The van der Waals surface area contributed by atoms with Crippen LogP contribution in [0.4, 0.5) is 5.69 Å². The summed E-state index contributed by atoms with van der Waals surface area (Å²) in [4.78, 5) is 12.0. The van der Waals surface area contributed by atoms with Crippen LogP contribution in [0.3, 0.4) is 0 Å². The van der Waals surface area contributed by atoms with Crippen molar-refractivity contribution in [1.29, 1.82) is 0 Å². The summed E-state index contributed by atoms with van der Waals surface area (Å²) < 4.78 is 0. The molecule has 4 nitrogen and oxygen atoms in total. The first kappa shape index (κ1) is 14.7. The lowest BCUT2D eigenvalue weighted by Crippen LogP contribution is -2.40. The molecule has 0 radical (unpaired) electrons. The molecular weight excluding hydrogens is 228 g/mol. The average Bonchev–Trinajstić information content (AvgIpc) is 2.37. The van der Waals surface area contributed by atoms with Crippen molar-refractivity contribution < 1.29 is 9.90 Å². The van der Waals surface area contributed by atoms with Crippen LogP contribution in [0.2, 0.25) is 0 Å². The summed E-state index contributed by atoms with van der Waals surface area (Å²) in [6, 6.07) is 6.66. The Bertz CT molecular complexity index is 405. The van der Waals surface area contributed by atoms with Crippen LogP contribution in [-0.2, 0) is 4.79 Å². The van der Waals surface area contributed by atoms with Crippen molar-refractivity contribution in [3.63, 3.8) is 0 Å². The number of rotatable bonds is 5. The van der Waals surface area contributed by atoms with Crippen molar-refractivity contribution in [2.24, 2.45) is 11.7 Å². The lowest BCUT2D eigenvalue weighted by molar-refractivity contribution is -0.118. The fourth-order valence-electron chi connectivity index (χ4n) is 1.70. The number of nitrogens with two attached hydrogens (primary N) is 1. The van der Waals surface area contributed by atoms with Crippen LogP contribution in [0.25, 0.3) is 0 Å². The number of anilines is 1. The number of para-hydroxylation sites is 1. The standard InChI is InChI=1S/C14H22N2O2/c1-4-9(2)13(15)14(18)16-12-8-6-5-7-11(12)10(3)17/h5-10,13,17H,4,15H2,1-3H3,(H,16,18)/t9-,10?,13-/m0/s1. The minimum Gasteiger partial charge on any atom is -0.389 e. The van der Waals surface area contributed by atoms with Crippen LogP contribution in [-0.4, -0.2) is 17.1 Å². The van der Waals surface area contributed by atoms with E-state index >= 15 is 0 Å². The van der Waals surface area contributed by atoms with E-state index in [0.29, 0.717) is 11.3 Å². The smallest absolute Gasteiger partial charge is 0.241 e. The molecule has 0 aliphatic heterocycles. The highest BCUT2D eigenvalue weighted by atomic mass is 16.3. The van der Waals surface area contributed by atoms with Gasteiger partial charge in [0.05, 0.1) is 12.1 Å². The quantitative estimate of drug-likeness (QED) is 0.748. The third kappa shape index (κ3) is 3.55. The Balaban J connectivity index is 2.82. The number of hydrogen-bond donors (Lipinski definition) is 3. The van der Waals surface area contributed by atoms with E-state index in [1.165, 1.54) is 0 Å². The van der Waals surface area contributed by atoms with Crippen molar-refractivity contribution in [3.05, 3.63) is 29.8 Å². The second-order valence-electron chi connectivity index (χ2n) is 4.66. The first-order chi connectivity index (χ1) is 8.47. The summed E-state index contributed by atoms with van der Waals surface area (Å²) in [5.41, 5.74) is 7.19. The second kappa shape index (κ2) is 6.52. The van der Waals surface area contributed by atoms with Crippen molar-refractivity contribution in [2.45, 2.75) is 39.3 Å². The predicted molar refractivity (Wildman–Crippen MR) is 73.1 cm³/mol. The highest BCUT2D eigenvalue weighted by Crippen LogP contribution is 2.22. The highest BCUT2D eigenvalue weighted by molar-refractivity contribution is 5.95. The van der Waals surface area contributed by atoms with Crippen LogP contribution in [0.5, 0.6) is 0 Å². The van der Waals surface area contributed by atoms with E-state index < -0.39 is 12.1 Å². The van der Waals surface area contributed by atoms with Crippen molar-refractivity contribution in [2.75, 3.05) is 5.32 Å². The lowest BCUT2D eigenvalue weighted by atomic mass is 9.99. The van der Waals surface area contributed by atoms with Gasteiger partial charge in [-0.3, -0.25) is 4.79 Å². The molecule has 18 heavy (non-hydrogen) atoms. The van der Waals surface area contributed by atoms with Gasteiger partial charge in [0, 0.05) is 11.3 Å². The fourth-order valence-corrected chi connectivity index (χ4v) is 1.70. The zero-order chi connectivity index (χ0) is 13.7. The van der Waals surface area contributed by atoms with Crippen LogP contribution in [0.1, 0.15) is 38.9 Å². The minimum atomic E-state index is -0.624. The molecule has 0 aliphatic carbocycles. The monoisotopic (exact) mass is 250 g/mol. The molecule has 0 aliphatic rings. The predicted octanol–water partition coefficient (Wildman–Crippen LogP) is 2.05. The Morgan fingerprint density at radius 2 is 2.00 bits per heavy atom. The second-order valence-corrected chi connectivity index (χ2v) is 4.66. The number of carbonyl (C=O) groups excluding carboxylic acids is 1. The van der Waals surface area contributed by atoms with Gasteiger partial charge in [0.1, 0.15) is 0 Å².